The van der Waals surface area contributed by atoms with E-state index in [1.54, 1.807) is 7.11 Å². The maximum Gasteiger partial charge on any atom is 0.204 e. The topological polar surface area (TPSA) is 59.1 Å². The molecule has 1 heterocycles. The van der Waals surface area contributed by atoms with E-state index in [1.165, 1.54) is 6.33 Å². The van der Waals surface area contributed by atoms with Crippen molar-refractivity contribution in [3.63, 3.8) is 0 Å². The van der Waals surface area contributed by atoms with Gasteiger partial charge in [-0.25, -0.2) is 9.97 Å². The molecule has 0 bridgehead atoms. The zero-order valence-corrected chi connectivity index (χ0v) is 11.3. The fraction of sp³-hybridized carbons (Fsp3) is 0.667. The predicted octanol–water partition coefficient (Wildman–Crippen LogP) is 2.52. The van der Waals surface area contributed by atoms with Crippen LogP contribution in [-0.4, -0.2) is 29.7 Å². The predicted molar refractivity (Wildman–Crippen MR) is 70.7 cm³/mol. The van der Waals surface area contributed by atoms with Gasteiger partial charge in [-0.2, -0.15) is 0 Å². The summed E-state index contributed by atoms with van der Waals surface area (Å²) in [7, 11) is 3.43. The van der Waals surface area contributed by atoms with Crippen LogP contribution in [0.4, 0.5) is 11.6 Å². The highest BCUT2D eigenvalue weighted by Crippen LogP contribution is 2.31. The first-order valence-corrected chi connectivity index (χ1v) is 5.89. The standard InChI is InChI=1S/C12H22N4O/c1-6-7-12(2,3)16-11-9(17-5)10(13-4)14-8-15-11/h8H,6-7H2,1-5H3,(H2,13,14,15,16). The molecule has 5 heteroatoms. The summed E-state index contributed by atoms with van der Waals surface area (Å²) < 4.78 is 5.34. The van der Waals surface area contributed by atoms with E-state index in [2.05, 4.69) is 41.4 Å². The number of hydrogen-bond donors (Lipinski definition) is 2. The van der Waals surface area contributed by atoms with E-state index in [-0.39, 0.29) is 5.54 Å². The molecule has 17 heavy (non-hydrogen) atoms. The van der Waals surface area contributed by atoms with E-state index in [0.717, 1.165) is 18.7 Å². The van der Waals surface area contributed by atoms with Crippen molar-refractivity contribution in [3.05, 3.63) is 6.33 Å². The van der Waals surface area contributed by atoms with Crippen LogP contribution >= 0.6 is 0 Å². The lowest BCUT2D eigenvalue weighted by Gasteiger charge is -2.27. The van der Waals surface area contributed by atoms with Gasteiger partial charge in [0.05, 0.1) is 7.11 Å². The minimum absolute atomic E-state index is 0.0125. The van der Waals surface area contributed by atoms with Crippen LogP contribution in [0.1, 0.15) is 33.6 Å². The van der Waals surface area contributed by atoms with Crippen molar-refractivity contribution in [2.24, 2.45) is 0 Å². The molecule has 96 valence electrons. The van der Waals surface area contributed by atoms with E-state index in [1.807, 2.05) is 7.05 Å². The van der Waals surface area contributed by atoms with Gasteiger partial charge in [0.25, 0.3) is 0 Å². The Labute approximate surface area is 103 Å². The minimum Gasteiger partial charge on any atom is -0.490 e. The zero-order chi connectivity index (χ0) is 12.9. The summed E-state index contributed by atoms with van der Waals surface area (Å²) in [6, 6.07) is 0. The summed E-state index contributed by atoms with van der Waals surface area (Å²) in [4.78, 5) is 8.36. The molecule has 1 rings (SSSR count). The van der Waals surface area contributed by atoms with Gasteiger partial charge >= 0.3 is 0 Å². The van der Waals surface area contributed by atoms with E-state index < -0.39 is 0 Å². The maximum absolute atomic E-state index is 5.34. The van der Waals surface area contributed by atoms with E-state index in [9.17, 15) is 0 Å². The van der Waals surface area contributed by atoms with Gasteiger partial charge in [0.2, 0.25) is 5.75 Å². The third kappa shape index (κ3) is 3.47. The van der Waals surface area contributed by atoms with Crippen molar-refractivity contribution in [3.8, 4) is 5.75 Å². The van der Waals surface area contributed by atoms with Crippen LogP contribution in [0.5, 0.6) is 5.75 Å². The highest BCUT2D eigenvalue weighted by atomic mass is 16.5. The Morgan fingerprint density at radius 3 is 2.47 bits per heavy atom. The molecule has 0 amide bonds. The third-order valence-corrected chi connectivity index (χ3v) is 2.58. The molecule has 1 aromatic heterocycles. The molecular weight excluding hydrogens is 216 g/mol. The number of rotatable bonds is 6. The Balaban J connectivity index is 2.98. The summed E-state index contributed by atoms with van der Waals surface area (Å²) in [5.74, 6) is 2.07. The average Bonchev–Trinajstić information content (AvgIpc) is 2.27. The van der Waals surface area contributed by atoms with Gasteiger partial charge in [-0.15, -0.1) is 0 Å². The highest BCUT2D eigenvalue weighted by Gasteiger charge is 2.20. The monoisotopic (exact) mass is 238 g/mol. The number of aromatic nitrogens is 2. The number of nitrogens with one attached hydrogen (secondary N) is 2. The second-order valence-corrected chi connectivity index (χ2v) is 4.61. The minimum atomic E-state index is -0.0125. The molecule has 0 fully saturated rings. The van der Waals surface area contributed by atoms with Gasteiger partial charge in [-0.05, 0) is 20.3 Å². The van der Waals surface area contributed by atoms with Crippen molar-refractivity contribution in [2.75, 3.05) is 24.8 Å². The average molecular weight is 238 g/mol. The lowest BCUT2D eigenvalue weighted by Crippen LogP contribution is -2.31. The van der Waals surface area contributed by atoms with E-state index >= 15 is 0 Å². The zero-order valence-electron chi connectivity index (χ0n) is 11.3. The molecule has 0 aliphatic carbocycles. The van der Waals surface area contributed by atoms with Crippen LogP contribution in [0, 0.1) is 0 Å². The Morgan fingerprint density at radius 2 is 1.94 bits per heavy atom. The lowest BCUT2D eigenvalue weighted by atomic mass is 9.99. The van der Waals surface area contributed by atoms with Gasteiger partial charge in [-0.3, -0.25) is 0 Å². The summed E-state index contributed by atoms with van der Waals surface area (Å²) in [5, 5.41) is 6.39. The number of hydrogen-bond acceptors (Lipinski definition) is 5. The molecule has 0 saturated heterocycles. The Bertz CT molecular complexity index is 366. The molecule has 0 aliphatic rings. The Morgan fingerprint density at radius 1 is 1.29 bits per heavy atom. The highest BCUT2D eigenvalue weighted by molar-refractivity contribution is 5.63. The van der Waals surface area contributed by atoms with Crippen molar-refractivity contribution in [1.82, 2.24) is 9.97 Å². The van der Waals surface area contributed by atoms with Crippen LogP contribution in [0.15, 0.2) is 6.33 Å². The number of nitrogens with zero attached hydrogens (tertiary/aromatic N) is 2. The number of anilines is 2. The molecule has 0 radical (unpaired) electrons. The van der Waals surface area contributed by atoms with Crippen LogP contribution in [-0.2, 0) is 0 Å². The first-order valence-electron chi connectivity index (χ1n) is 5.89. The molecule has 0 aliphatic heterocycles. The van der Waals surface area contributed by atoms with Crippen LogP contribution in [0.3, 0.4) is 0 Å². The van der Waals surface area contributed by atoms with Crippen LogP contribution in [0.25, 0.3) is 0 Å². The van der Waals surface area contributed by atoms with Crippen molar-refractivity contribution >= 4 is 11.6 Å². The van der Waals surface area contributed by atoms with Gasteiger partial charge < -0.3 is 15.4 Å². The largest absolute Gasteiger partial charge is 0.490 e. The molecule has 0 unspecified atom stereocenters. The third-order valence-electron chi connectivity index (χ3n) is 2.58. The fourth-order valence-electron chi connectivity index (χ4n) is 1.84. The van der Waals surface area contributed by atoms with Crippen LogP contribution in [0.2, 0.25) is 0 Å². The molecule has 0 saturated carbocycles. The summed E-state index contributed by atoms with van der Waals surface area (Å²) in [6.45, 7) is 6.47. The molecule has 0 aromatic carbocycles. The first-order chi connectivity index (χ1) is 8.04. The number of ether oxygens (including phenoxy) is 1. The van der Waals surface area contributed by atoms with E-state index in [4.69, 9.17) is 4.74 Å². The molecule has 0 spiro atoms. The second-order valence-electron chi connectivity index (χ2n) is 4.61. The smallest absolute Gasteiger partial charge is 0.204 e. The van der Waals surface area contributed by atoms with Crippen molar-refractivity contribution in [2.45, 2.75) is 39.2 Å². The molecular formula is C12H22N4O. The van der Waals surface area contributed by atoms with E-state index in [0.29, 0.717) is 11.6 Å². The quantitative estimate of drug-likeness (QED) is 0.797. The van der Waals surface area contributed by atoms with Gasteiger partial charge in [-0.1, -0.05) is 13.3 Å². The summed E-state index contributed by atoms with van der Waals surface area (Å²) >= 11 is 0. The normalized spacial score (nSPS) is 11.1. The lowest BCUT2D eigenvalue weighted by molar-refractivity contribution is 0.411. The summed E-state index contributed by atoms with van der Waals surface area (Å²) in [5.41, 5.74) is -0.0125. The van der Waals surface area contributed by atoms with Gasteiger partial charge in [0.1, 0.15) is 6.33 Å². The summed E-state index contributed by atoms with van der Waals surface area (Å²) in [6.07, 6.45) is 3.71. The van der Waals surface area contributed by atoms with Crippen molar-refractivity contribution < 1.29 is 4.74 Å². The Kier molecular flexibility index (Phi) is 4.54. The fourth-order valence-corrected chi connectivity index (χ4v) is 1.84. The van der Waals surface area contributed by atoms with Crippen molar-refractivity contribution in [1.29, 1.82) is 0 Å². The van der Waals surface area contributed by atoms with Gasteiger partial charge in [0, 0.05) is 12.6 Å². The number of methoxy groups -OCH3 is 1. The second kappa shape index (κ2) is 5.70. The van der Waals surface area contributed by atoms with Gasteiger partial charge in [0.15, 0.2) is 11.6 Å². The Hall–Kier alpha value is -1.52. The van der Waals surface area contributed by atoms with Crippen LogP contribution < -0.4 is 15.4 Å². The maximum atomic E-state index is 5.34. The molecule has 2 N–H and O–H groups in total. The molecule has 5 nitrogen and oxygen atoms in total. The SMILES string of the molecule is CCCC(C)(C)Nc1ncnc(NC)c1OC. The molecule has 1 aromatic rings. The first kappa shape index (κ1) is 13.5. The molecule has 0 atom stereocenters.